The van der Waals surface area contributed by atoms with Crippen molar-refractivity contribution in [2.75, 3.05) is 7.11 Å². The van der Waals surface area contributed by atoms with Gasteiger partial charge in [0.25, 0.3) is 0 Å². The van der Waals surface area contributed by atoms with Crippen LogP contribution in [-0.2, 0) is 4.74 Å². The van der Waals surface area contributed by atoms with E-state index >= 15 is 0 Å². The van der Waals surface area contributed by atoms with E-state index in [0.717, 1.165) is 5.39 Å². The Balaban J connectivity index is 2.09. The summed E-state index contributed by atoms with van der Waals surface area (Å²) in [6, 6.07) is 1.63. The monoisotopic (exact) mass is 255 g/mol. The fraction of sp³-hybridized carbons (Fsp3) is 0.0833. The third-order valence-electron chi connectivity index (χ3n) is 2.57. The lowest BCUT2D eigenvalue weighted by atomic mass is 10.3. The summed E-state index contributed by atoms with van der Waals surface area (Å²) in [7, 11) is 1.32. The van der Waals surface area contributed by atoms with Gasteiger partial charge in [-0.05, 0) is 6.07 Å². The number of carbonyl (C=O) groups is 1. The Labute approximate surface area is 107 Å². The topological polar surface area (TPSA) is 82.8 Å². The van der Waals surface area contributed by atoms with Crippen molar-refractivity contribution in [2.45, 2.75) is 0 Å². The zero-order valence-corrected chi connectivity index (χ0v) is 10.0. The van der Waals surface area contributed by atoms with Gasteiger partial charge in [0.2, 0.25) is 0 Å². The predicted octanol–water partition coefficient (Wildman–Crippen LogP) is 0.997. The Bertz CT molecular complexity index is 738. The molecule has 0 spiro atoms. The van der Waals surface area contributed by atoms with Crippen LogP contribution < -0.4 is 0 Å². The van der Waals surface area contributed by atoms with Gasteiger partial charge in [0, 0.05) is 24.0 Å². The van der Waals surface area contributed by atoms with E-state index in [0.29, 0.717) is 11.3 Å². The van der Waals surface area contributed by atoms with Crippen LogP contribution in [0, 0.1) is 0 Å². The molecule has 19 heavy (non-hydrogen) atoms. The molecule has 3 rings (SSSR count). The Morgan fingerprint density at radius 1 is 1.26 bits per heavy atom. The summed E-state index contributed by atoms with van der Waals surface area (Å²) < 4.78 is 6.21. The summed E-state index contributed by atoms with van der Waals surface area (Å²) in [4.78, 5) is 23.5. The van der Waals surface area contributed by atoms with E-state index in [2.05, 4.69) is 24.8 Å². The molecule has 0 aliphatic carbocycles. The van der Waals surface area contributed by atoms with Crippen molar-refractivity contribution in [1.82, 2.24) is 24.7 Å². The maximum Gasteiger partial charge on any atom is 0.356 e. The van der Waals surface area contributed by atoms with Gasteiger partial charge in [-0.1, -0.05) is 0 Å². The number of carbonyl (C=O) groups excluding carboxylic acids is 1. The molecule has 0 aromatic carbocycles. The molecule has 0 bridgehead atoms. The lowest BCUT2D eigenvalue weighted by molar-refractivity contribution is 0.0594. The van der Waals surface area contributed by atoms with Crippen molar-refractivity contribution in [3.63, 3.8) is 0 Å². The average molecular weight is 255 g/mol. The lowest BCUT2D eigenvalue weighted by Gasteiger charge is -1.96. The highest BCUT2D eigenvalue weighted by atomic mass is 16.5. The standard InChI is InChI=1S/C12H9N5O2/c1-19-12(18)9-4-8-7-17(16-10(8)5-15-9)11-6-13-2-3-14-11/h2-7H,1H3. The number of pyridine rings is 1. The van der Waals surface area contributed by atoms with Crippen LogP contribution in [0.25, 0.3) is 16.7 Å². The molecule has 0 fully saturated rings. The van der Waals surface area contributed by atoms with Crippen molar-refractivity contribution in [3.8, 4) is 5.82 Å². The molecule has 0 saturated heterocycles. The molecule has 7 heteroatoms. The van der Waals surface area contributed by atoms with Crippen LogP contribution >= 0.6 is 0 Å². The van der Waals surface area contributed by atoms with Crippen LogP contribution in [0.1, 0.15) is 10.5 Å². The predicted molar refractivity (Wildman–Crippen MR) is 65.8 cm³/mol. The zero-order chi connectivity index (χ0) is 13.2. The molecule has 0 radical (unpaired) electrons. The first-order chi connectivity index (χ1) is 9.28. The average Bonchev–Trinajstić information content (AvgIpc) is 2.90. The van der Waals surface area contributed by atoms with Gasteiger partial charge in [-0.2, -0.15) is 5.10 Å². The van der Waals surface area contributed by atoms with Gasteiger partial charge in [0.1, 0.15) is 11.2 Å². The van der Waals surface area contributed by atoms with E-state index < -0.39 is 5.97 Å². The first-order valence-electron chi connectivity index (χ1n) is 5.48. The fourth-order valence-electron chi connectivity index (χ4n) is 1.67. The van der Waals surface area contributed by atoms with Gasteiger partial charge < -0.3 is 4.74 Å². The van der Waals surface area contributed by atoms with Gasteiger partial charge in [-0.3, -0.25) is 4.98 Å². The fourth-order valence-corrected chi connectivity index (χ4v) is 1.67. The Kier molecular flexibility index (Phi) is 2.64. The second-order valence-corrected chi connectivity index (χ2v) is 3.76. The molecule has 0 N–H and O–H groups in total. The zero-order valence-electron chi connectivity index (χ0n) is 10.0. The van der Waals surface area contributed by atoms with Crippen molar-refractivity contribution in [2.24, 2.45) is 0 Å². The molecule has 0 atom stereocenters. The smallest absolute Gasteiger partial charge is 0.356 e. The molecular weight excluding hydrogens is 246 g/mol. The third kappa shape index (κ3) is 2.01. The number of esters is 1. The number of hydrogen-bond acceptors (Lipinski definition) is 6. The van der Waals surface area contributed by atoms with Crippen molar-refractivity contribution in [1.29, 1.82) is 0 Å². The van der Waals surface area contributed by atoms with E-state index in [4.69, 9.17) is 0 Å². The number of ether oxygens (including phenoxy) is 1. The van der Waals surface area contributed by atoms with E-state index in [1.54, 1.807) is 35.5 Å². The number of methoxy groups -OCH3 is 1. The van der Waals surface area contributed by atoms with Crippen LogP contribution in [0.15, 0.2) is 37.1 Å². The normalized spacial score (nSPS) is 10.6. The maximum absolute atomic E-state index is 11.4. The first kappa shape index (κ1) is 11.3. The molecular formula is C12H9N5O2. The second-order valence-electron chi connectivity index (χ2n) is 3.76. The summed E-state index contributed by atoms with van der Waals surface area (Å²) in [5.74, 6) is 0.118. The van der Waals surface area contributed by atoms with Gasteiger partial charge in [-0.25, -0.2) is 19.4 Å². The largest absolute Gasteiger partial charge is 0.464 e. The SMILES string of the molecule is COC(=O)c1cc2cn(-c3cnccn3)nc2cn1. The van der Waals surface area contributed by atoms with Crippen LogP contribution in [0.2, 0.25) is 0 Å². The second kappa shape index (κ2) is 4.45. The summed E-state index contributed by atoms with van der Waals surface area (Å²) in [6.07, 6.45) is 8.05. The molecule has 0 unspecified atom stereocenters. The van der Waals surface area contributed by atoms with E-state index in [9.17, 15) is 4.79 Å². The minimum absolute atomic E-state index is 0.244. The van der Waals surface area contributed by atoms with E-state index in [1.807, 2.05) is 0 Å². The Morgan fingerprint density at radius 3 is 2.89 bits per heavy atom. The number of aromatic nitrogens is 5. The molecule has 7 nitrogen and oxygen atoms in total. The molecule has 94 valence electrons. The molecule has 0 aliphatic rings. The number of hydrogen-bond donors (Lipinski definition) is 0. The number of rotatable bonds is 2. The van der Waals surface area contributed by atoms with Crippen LogP contribution in [0.5, 0.6) is 0 Å². The number of fused-ring (bicyclic) bond motifs is 1. The molecule has 0 saturated carbocycles. The molecule has 0 aliphatic heterocycles. The van der Waals surface area contributed by atoms with Crippen LogP contribution in [0.4, 0.5) is 0 Å². The quantitative estimate of drug-likeness (QED) is 0.635. The van der Waals surface area contributed by atoms with Crippen LogP contribution in [-0.4, -0.2) is 37.8 Å². The Hall–Kier alpha value is -2.83. The highest BCUT2D eigenvalue weighted by Crippen LogP contribution is 2.14. The van der Waals surface area contributed by atoms with Gasteiger partial charge in [0.05, 0.1) is 19.5 Å². The first-order valence-corrected chi connectivity index (χ1v) is 5.48. The molecule has 0 amide bonds. The van der Waals surface area contributed by atoms with Crippen LogP contribution in [0.3, 0.4) is 0 Å². The highest BCUT2D eigenvalue weighted by molar-refractivity contribution is 5.91. The van der Waals surface area contributed by atoms with E-state index in [1.165, 1.54) is 13.3 Å². The molecule has 3 heterocycles. The van der Waals surface area contributed by atoms with Crippen molar-refractivity contribution < 1.29 is 9.53 Å². The lowest BCUT2D eigenvalue weighted by Crippen LogP contribution is -2.03. The van der Waals surface area contributed by atoms with Gasteiger partial charge in [0.15, 0.2) is 5.82 Å². The Morgan fingerprint density at radius 2 is 2.16 bits per heavy atom. The molecule has 3 aromatic rings. The van der Waals surface area contributed by atoms with Crippen molar-refractivity contribution >= 4 is 16.9 Å². The summed E-state index contributed by atoms with van der Waals surface area (Å²) in [5.41, 5.74) is 0.909. The highest BCUT2D eigenvalue weighted by Gasteiger charge is 2.10. The minimum Gasteiger partial charge on any atom is -0.464 e. The van der Waals surface area contributed by atoms with Gasteiger partial charge in [-0.15, -0.1) is 0 Å². The third-order valence-corrected chi connectivity index (χ3v) is 2.57. The summed E-state index contributed by atoms with van der Waals surface area (Å²) in [5, 5.41) is 5.09. The van der Waals surface area contributed by atoms with Gasteiger partial charge >= 0.3 is 5.97 Å². The van der Waals surface area contributed by atoms with E-state index in [-0.39, 0.29) is 5.69 Å². The van der Waals surface area contributed by atoms with Crippen molar-refractivity contribution in [3.05, 3.63) is 42.7 Å². The number of nitrogens with zero attached hydrogens (tertiary/aromatic N) is 5. The maximum atomic E-state index is 11.4. The summed E-state index contributed by atoms with van der Waals surface area (Å²) >= 11 is 0. The molecule has 3 aromatic heterocycles. The summed E-state index contributed by atoms with van der Waals surface area (Å²) in [6.45, 7) is 0. The minimum atomic E-state index is -0.478.